The predicted octanol–water partition coefficient (Wildman–Crippen LogP) is 6.12. The molecular formula is C24H13Cl2F2NO3. The number of carbonyl (C=O) groups is 1. The fourth-order valence-electron chi connectivity index (χ4n) is 3.97. The van der Waals surface area contributed by atoms with Crippen LogP contribution in [0.25, 0.3) is 11.0 Å². The van der Waals surface area contributed by atoms with Gasteiger partial charge < -0.3 is 9.32 Å². The lowest BCUT2D eigenvalue weighted by molar-refractivity contribution is 0.0714. The van der Waals surface area contributed by atoms with Crippen LogP contribution >= 0.6 is 23.2 Å². The molecule has 160 valence electrons. The molecule has 0 saturated carbocycles. The molecule has 1 aromatic heterocycles. The number of amides is 1. The van der Waals surface area contributed by atoms with Gasteiger partial charge in [-0.1, -0.05) is 41.4 Å². The first-order valence-electron chi connectivity index (χ1n) is 9.60. The molecule has 0 saturated heterocycles. The summed E-state index contributed by atoms with van der Waals surface area (Å²) in [5, 5.41) is 0.603. The van der Waals surface area contributed by atoms with Gasteiger partial charge in [0.25, 0.3) is 5.91 Å². The molecule has 4 aromatic rings. The normalized spacial score (nSPS) is 15.4. The number of carbonyl (C=O) groups excluding carboxylic acids is 1. The summed E-state index contributed by atoms with van der Waals surface area (Å²) in [6.07, 6.45) is 0. The molecule has 0 fully saturated rings. The minimum atomic E-state index is -0.846. The van der Waals surface area contributed by atoms with Gasteiger partial charge in [-0.15, -0.1) is 0 Å². The van der Waals surface area contributed by atoms with Gasteiger partial charge in [-0.25, -0.2) is 8.78 Å². The molecule has 1 aliphatic heterocycles. The first-order valence-corrected chi connectivity index (χ1v) is 10.4. The van der Waals surface area contributed by atoms with Crippen LogP contribution in [-0.4, -0.2) is 10.8 Å². The third-order valence-electron chi connectivity index (χ3n) is 5.45. The van der Waals surface area contributed by atoms with Crippen molar-refractivity contribution in [1.82, 2.24) is 4.90 Å². The van der Waals surface area contributed by atoms with Gasteiger partial charge in [0.15, 0.2) is 5.43 Å². The Labute approximate surface area is 190 Å². The number of hydrogen-bond acceptors (Lipinski definition) is 3. The summed E-state index contributed by atoms with van der Waals surface area (Å²) in [7, 11) is 0. The Kier molecular flexibility index (Phi) is 4.99. The highest BCUT2D eigenvalue weighted by atomic mass is 35.5. The van der Waals surface area contributed by atoms with E-state index in [1.54, 1.807) is 30.3 Å². The van der Waals surface area contributed by atoms with Crippen LogP contribution < -0.4 is 5.43 Å². The molecule has 1 aliphatic rings. The smallest absolute Gasteiger partial charge is 0.291 e. The average Bonchev–Trinajstić information content (AvgIpc) is 3.04. The molecule has 0 spiro atoms. The topological polar surface area (TPSA) is 50.5 Å². The Bertz CT molecular complexity index is 1450. The lowest BCUT2D eigenvalue weighted by Gasteiger charge is -2.25. The number of nitrogens with zero attached hydrogens (tertiary/aromatic N) is 1. The van der Waals surface area contributed by atoms with Crippen LogP contribution in [0.3, 0.4) is 0 Å². The number of hydrogen-bond donors (Lipinski definition) is 0. The maximum absolute atomic E-state index is 13.8. The highest BCUT2D eigenvalue weighted by Crippen LogP contribution is 2.40. The Balaban J connectivity index is 1.73. The number of fused-ring (bicyclic) bond motifs is 2. The van der Waals surface area contributed by atoms with E-state index in [-0.39, 0.29) is 33.9 Å². The highest BCUT2D eigenvalue weighted by Gasteiger charge is 2.42. The molecule has 0 bridgehead atoms. The van der Waals surface area contributed by atoms with Crippen LogP contribution in [0.5, 0.6) is 0 Å². The molecular weight excluding hydrogens is 459 g/mol. The Morgan fingerprint density at radius 2 is 1.59 bits per heavy atom. The quantitative estimate of drug-likeness (QED) is 0.361. The van der Waals surface area contributed by atoms with Crippen LogP contribution in [0.2, 0.25) is 10.0 Å². The van der Waals surface area contributed by atoms with E-state index < -0.39 is 29.0 Å². The SMILES string of the molecule is O=C1c2oc3ccc(F)cc3c(=O)c2[C@H](c2ccc(Cl)c(Cl)c2)N1Cc1ccc(F)cc1. The van der Waals surface area contributed by atoms with Crippen LogP contribution in [0.4, 0.5) is 8.78 Å². The third kappa shape index (κ3) is 3.36. The number of halogens is 4. The van der Waals surface area contributed by atoms with Crippen LogP contribution in [-0.2, 0) is 6.54 Å². The third-order valence-corrected chi connectivity index (χ3v) is 6.19. The second-order valence-corrected chi connectivity index (χ2v) is 8.26. The van der Waals surface area contributed by atoms with Crippen LogP contribution in [0.15, 0.2) is 69.9 Å². The van der Waals surface area contributed by atoms with Crippen LogP contribution in [0, 0.1) is 11.6 Å². The van der Waals surface area contributed by atoms with Crippen molar-refractivity contribution in [2.75, 3.05) is 0 Å². The summed E-state index contributed by atoms with van der Waals surface area (Å²) in [6, 6.07) is 13.2. The maximum Gasteiger partial charge on any atom is 0.291 e. The van der Waals surface area contributed by atoms with E-state index in [1.165, 1.54) is 23.1 Å². The molecule has 5 rings (SSSR count). The molecule has 0 radical (unpaired) electrons. The average molecular weight is 472 g/mol. The minimum absolute atomic E-state index is 0.0326. The molecule has 1 atom stereocenters. The molecule has 3 aromatic carbocycles. The fourth-order valence-corrected chi connectivity index (χ4v) is 4.28. The van der Waals surface area contributed by atoms with E-state index in [1.807, 2.05) is 0 Å². The van der Waals surface area contributed by atoms with Gasteiger partial charge >= 0.3 is 0 Å². The summed E-state index contributed by atoms with van der Waals surface area (Å²) in [5.41, 5.74) is 0.887. The zero-order valence-corrected chi connectivity index (χ0v) is 17.8. The van der Waals surface area contributed by atoms with E-state index >= 15 is 0 Å². The molecule has 0 N–H and O–H groups in total. The van der Waals surface area contributed by atoms with E-state index in [0.29, 0.717) is 16.1 Å². The Hall–Kier alpha value is -3.22. The number of rotatable bonds is 3. The van der Waals surface area contributed by atoms with Gasteiger partial charge in [-0.2, -0.15) is 0 Å². The predicted molar refractivity (Wildman–Crippen MR) is 117 cm³/mol. The lowest BCUT2D eigenvalue weighted by Crippen LogP contribution is -2.29. The van der Waals surface area contributed by atoms with Crippen molar-refractivity contribution < 1.29 is 18.0 Å². The van der Waals surface area contributed by atoms with E-state index in [0.717, 1.165) is 12.1 Å². The van der Waals surface area contributed by atoms with Crippen molar-refractivity contribution in [3.05, 3.63) is 115 Å². The van der Waals surface area contributed by atoms with Gasteiger partial charge in [0.05, 0.1) is 27.0 Å². The minimum Gasteiger partial charge on any atom is -0.450 e. The lowest BCUT2D eigenvalue weighted by atomic mass is 9.98. The zero-order valence-electron chi connectivity index (χ0n) is 16.2. The zero-order chi connectivity index (χ0) is 22.6. The molecule has 32 heavy (non-hydrogen) atoms. The maximum atomic E-state index is 13.8. The van der Waals surface area contributed by atoms with Crippen molar-refractivity contribution in [2.45, 2.75) is 12.6 Å². The standard InChI is InChI=1S/C24H13Cl2F2NO3/c25-17-7-3-13(9-18(17)26)21-20-22(30)16-10-15(28)6-8-19(16)32-23(20)24(31)29(21)11-12-1-4-14(27)5-2-12/h1-10,21H,11H2/t21-/m0/s1. The van der Waals surface area contributed by atoms with Crippen molar-refractivity contribution in [3.8, 4) is 0 Å². The first-order chi connectivity index (χ1) is 15.3. The largest absolute Gasteiger partial charge is 0.450 e. The molecule has 0 unspecified atom stereocenters. The van der Waals surface area contributed by atoms with Crippen LogP contribution in [0.1, 0.15) is 33.3 Å². The highest BCUT2D eigenvalue weighted by molar-refractivity contribution is 6.42. The van der Waals surface area contributed by atoms with Gasteiger partial charge in [-0.05, 0) is 53.6 Å². The molecule has 1 amide bonds. The molecule has 0 aliphatic carbocycles. The molecule has 2 heterocycles. The molecule has 4 nitrogen and oxygen atoms in total. The second kappa shape index (κ2) is 7.73. The summed E-state index contributed by atoms with van der Waals surface area (Å²) in [4.78, 5) is 28.2. The monoisotopic (exact) mass is 471 g/mol. The summed E-state index contributed by atoms with van der Waals surface area (Å²) < 4.78 is 33.0. The van der Waals surface area contributed by atoms with E-state index in [2.05, 4.69) is 0 Å². The van der Waals surface area contributed by atoms with E-state index in [9.17, 15) is 18.4 Å². The van der Waals surface area contributed by atoms with Gasteiger partial charge in [0.2, 0.25) is 5.76 Å². The molecule has 8 heteroatoms. The summed E-state index contributed by atoms with van der Waals surface area (Å²) in [6.45, 7) is 0.0817. The first kappa shape index (κ1) is 20.7. The Morgan fingerprint density at radius 3 is 2.31 bits per heavy atom. The number of benzene rings is 3. The van der Waals surface area contributed by atoms with E-state index in [4.69, 9.17) is 27.6 Å². The summed E-state index contributed by atoms with van der Waals surface area (Å²) >= 11 is 12.3. The second-order valence-electron chi connectivity index (χ2n) is 7.45. The van der Waals surface area contributed by atoms with Crippen molar-refractivity contribution in [1.29, 1.82) is 0 Å². The Morgan fingerprint density at radius 1 is 0.875 bits per heavy atom. The van der Waals surface area contributed by atoms with Gasteiger partial charge in [-0.3, -0.25) is 9.59 Å². The van der Waals surface area contributed by atoms with Crippen molar-refractivity contribution in [3.63, 3.8) is 0 Å². The van der Waals surface area contributed by atoms with Crippen molar-refractivity contribution >= 4 is 40.1 Å². The van der Waals surface area contributed by atoms with Gasteiger partial charge in [0, 0.05) is 6.54 Å². The van der Waals surface area contributed by atoms with Crippen molar-refractivity contribution in [2.24, 2.45) is 0 Å². The summed E-state index contributed by atoms with van der Waals surface area (Å²) in [5.74, 6) is -1.63. The fraction of sp³-hybridized carbons (Fsp3) is 0.0833. The van der Waals surface area contributed by atoms with Gasteiger partial charge in [0.1, 0.15) is 17.2 Å².